The second kappa shape index (κ2) is 18.8. The molecule has 0 aliphatic heterocycles. The number of para-hydroxylation sites is 3. The van der Waals surface area contributed by atoms with Crippen LogP contribution in [-0.4, -0.2) is 40.9 Å². The van der Waals surface area contributed by atoms with Crippen molar-refractivity contribution in [3.8, 4) is 23.0 Å². The molecule has 0 bridgehead atoms. The molecule has 2 fully saturated rings. The van der Waals surface area contributed by atoms with Crippen LogP contribution in [0, 0.1) is 23.7 Å². The molecular formula is C46H42N2O9S. The number of hydrogen-bond acceptors (Lipinski definition) is 12. The highest BCUT2D eigenvalue weighted by Crippen LogP contribution is 2.35. The van der Waals surface area contributed by atoms with Gasteiger partial charge in [0.05, 0.1) is 33.9 Å². The maximum Gasteiger partial charge on any atom is 0.314 e. The molecule has 4 aromatic carbocycles. The smallest absolute Gasteiger partial charge is 0.314 e. The Kier molecular flexibility index (Phi) is 12.9. The van der Waals surface area contributed by atoms with Crippen molar-refractivity contribution < 1.29 is 42.9 Å². The number of carbonyl (C=O) groups is 5. The first-order valence-electron chi connectivity index (χ1n) is 19.4. The van der Waals surface area contributed by atoms with Gasteiger partial charge in [-0.3, -0.25) is 29.0 Å². The van der Waals surface area contributed by atoms with Crippen molar-refractivity contribution in [3.05, 3.63) is 126 Å². The lowest BCUT2D eigenvalue weighted by molar-refractivity contribution is -0.145. The molecule has 0 N–H and O–H groups in total. The van der Waals surface area contributed by atoms with Gasteiger partial charge < -0.3 is 18.9 Å². The molecule has 0 amide bonds. The van der Waals surface area contributed by atoms with Crippen LogP contribution in [0.5, 0.6) is 23.0 Å². The highest BCUT2D eigenvalue weighted by atomic mass is 32.1. The maximum atomic E-state index is 13.6. The normalized spacial score (nSPS) is 19.8. The van der Waals surface area contributed by atoms with E-state index >= 15 is 0 Å². The summed E-state index contributed by atoms with van der Waals surface area (Å²) in [5.74, 6) is -2.15. The van der Waals surface area contributed by atoms with Gasteiger partial charge in [-0.15, -0.1) is 11.3 Å². The summed E-state index contributed by atoms with van der Waals surface area (Å²) in [7, 11) is 0. The van der Waals surface area contributed by atoms with Gasteiger partial charge in [0.25, 0.3) is 0 Å². The quantitative estimate of drug-likeness (QED) is 0.0490. The minimum atomic E-state index is -1.01. The number of ether oxygens (including phenoxy) is 4. The van der Waals surface area contributed by atoms with E-state index in [4.69, 9.17) is 18.9 Å². The highest BCUT2D eigenvalue weighted by molar-refractivity contribution is 7.18. The molecule has 58 heavy (non-hydrogen) atoms. The van der Waals surface area contributed by atoms with Crippen LogP contribution in [0.3, 0.4) is 0 Å². The fourth-order valence-electron chi connectivity index (χ4n) is 7.21. The maximum absolute atomic E-state index is 13.6. The van der Waals surface area contributed by atoms with Crippen molar-refractivity contribution in [2.45, 2.75) is 57.4 Å². The summed E-state index contributed by atoms with van der Waals surface area (Å²) in [6.07, 6.45) is 6.30. The Bertz CT molecular complexity index is 2270. The topological polar surface area (TPSA) is 148 Å². The first-order valence-corrected chi connectivity index (χ1v) is 20.2. The number of hydrogen-bond donors (Lipinski definition) is 0. The summed E-state index contributed by atoms with van der Waals surface area (Å²) >= 11 is 1.34. The number of esters is 4. The van der Waals surface area contributed by atoms with E-state index in [1.165, 1.54) is 41.8 Å². The minimum absolute atomic E-state index is 0.158. The number of aliphatic imine (C=N–C) groups is 1. The van der Waals surface area contributed by atoms with E-state index in [-0.39, 0.29) is 41.1 Å². The average molecular weight is 799 g/mol. The molecule has 1 aromatic heterocycles. The van der Waals surface area contributed by atoms with Crippen LogP contribution in [0.25, 0.3) is 10.2 Å². The molecule has 7 rings (SSSR count). The fourth-order valence-corrected chi connectivity index (χ4v) is 8.24. The number of nitrogens with zero attached hydrogens (tertiary/aromatic N) is 2. The predicted molar refractivity (Wildman–Crippen MR) is 218 cm³/mol. The van der Waals surface area contributed by atoms with Crippen molar-refractivity contribution in [1.29, 1.82) is 0 Å². The zero-order valence-electron chi connectivity index (χ0n) is 31.7. The SMILES string of the molecule is C=CC(=O)C(/N=C/c1cc(OC(=O)C2CCC(C(=O)Oc3ccccc3)CC2)ccc1OC(=O)C1CCC(C(=O)Oc2ccccc2)CC1)c1nc2ccccc2s1. The lowest BCUT2D eigenvalue weighted by atomic mass is 9.82. The molecule has 12 heteroatoms. The molecule has 1 unspecified atom stereocenters. The molecule has 296 valence electrons. The lowest BCUT2D eigenvalue weighted by Crippen LogP contribution is -2.30. The first-order chi connectivity index (χ1) is 28.2. The summed E-state index contributed by atoms with van der Waals surface area (Å²) in [4.78, 5) is 74.9. The lowest BCUT2D eigenvalue weighted by Gasteiger charge is -2.26. The van der Waals surface area contributed by atoms with Crippen molar-refractivity contribution in [2.75, 3.05) is 0 Å². The fraction of sp³-hybridized carbons (Fsp3) is 0.283. The monoisotopic (exact) mass is 798 g/mol. The second-order valence-corrected chi connectivity index (χ2v) is 15.5. The summed E-state index contributed by atoms with van der Waals surface area (Å²) in [5.41, 5.74) is 1.03. The van der Waals surface area contributed by atoms with Crippen LogP contribution in [0.2, 0.25) is 0 Å². The van der Waals surface area contributed by atoms with Gasteiger partial charge >= 0.3 is 23.9 Å². The van der Waals surface area contributed by atoms with Gasteiger partial charge in [-0.2, -0.15) is 0 Å². The Labute approximate surface area is 339 Å². The Morgan fingerprint density at radius 3 is 1.57 bits per heavy atom. The number of carbonyl (C=O) groups excluding carboxylic acids is 5. The van der Waals surface area contributed by atoms with Crippen molar-refractivity contribution in [2.24, 2.45) is 28.7 Å². The zero-order chi connectivity index (χ0) is 40.4. The van der Waals surface area contributed by atoms with E-state index in [0.717, 1.165) is 10.2 Å². The third-order valence-corrected chi connectivity index (χ3v) is 11.6. The number of rotatable bonds is 13. The van der Waals surface area contributed by atoms with Gasteiger partial charge in [0.15, 0.2) is 11.8 Å². The van der Waals surface area contributed by atoms with E-state index in [0.29, 0.717) is 73.4 Å². The third kappa shape index (κ3) is 9.99. The van der Waals surface area contributed by atoms with Crippen LogP contribution in [0.4, 0.5) is 0 Å². The van der Waals surface area contributed by atoms with Crippen LogP contribution < -0.4 is 18.9 Å². The van der Waals surface area contributed by atoms with Crippen molar-refractivity contribution >= 4 is 57.4 Å². The molecule has 2 aliphatic carbocycles. The summed E-state index contributed by atoms with van der Waals surface area (Å²) in [5, 5.41) is 0.467. The minimum Gasteiger partial charge on any atom is -0.426 e. The Balaban J connectivity index is 1.05. The summed E-state index contributed by atoms with van der Waals surface area (Å²) in [6.45, 7) is 3.66. The van der Waals surface area contributed by atoms with Crippen LogP contribution in [-0.2, 0) is 24.0 Å². The van der Waals surface area contributed by atoms with E-state index in [1.54, 1.807) is 48.5 Å². The number of benzene rings is 4. The summed E-state index contributed by atoms with van der Waals surface area (Å²) in [6, 6.07) is 28.9. The predicted octanol–water partition coefficient (Wildman–Crippen LogP) is 8.85. The van der Waals surface area contributed by atoms with Crippen LogP contribution in [0.15, 0.2) is 121 Å². The molecule has 1 atom stereocenters. The van der Waals surface area contributed by atoms with Gasteiger partial charge in [0, 0.05) is 11.8 Å². The van der Waals surface area contributed by atoms with Crippen LogP contribution in [0.1, 0.15) is 68.0 Å². The van der Waals surface area contributed by atoms with Gasteiger partial charge in [-0.1, -0.05) is 55.1 Å². The molecule has 11 nitrogen and oxygen atoms in total. The molecule has 0 spiro atoms. The van der Waals surface area contributed by atoms with Crippen molar-refractivity contribution in [1.82, 2.24) is 4.98 Å². The van der Waals surface area contributed by atoms with Gasteiger partial charge in [0.1, 0.15) is 28.0 Å². The Morgan fingerprint density at radius 1 is 0.603 bits per heavy atom. The van der Waals surface area contributed by atoms with Gasteiger partial charge in [-0.25, -0.2) is 4.98 Å². The van der Waals surface area contributed by atoms with E-state index in [2.05, 4.69) is 16.6 Å². The van der Waals surface area contributed by atoms with E-state index < -0.39 is 29.8 Å². The molecule has 2 aliphatic rings. The van der Waals surface area contributed by atoms with Crippen LogP contribution >= 0.6 is 11.3 Å². The van der Waals surface area contributed by atoms with E-state index in [1.807, 2.05) is 36.4 Å². The van der Waals surface area contributed by atoms with Gasteiger partial charge in [-0.05, 0) is 112 Å². The van der Waals surface area contributed by atoms with E-state index in [9.17, 15) is 24.0 Å². The Morgan fingerprint density at radius 2 is 1.07 bits per heavy atom. The summed E-state index contributed by atoms with van der Waals surface area (Å²) < 4.78 is 23.7. The molecular weight excluding hydrogens is 757 g/mol. The molecule has 2 saturated carbocycles. The highest BCUT2D eigenvalue weighted by Gasteiger charge is 2.34. The zero-order valence-corrected chi connectivity index (χ0v) is 32.5. The molecule has 5 aromatic rings. The number of thiazole rings is 1. The number of aromatic nitrogens is 1. The first kappa shape index (κ1) is 39.9. The number of fused-ring (bicyclic) bond motifs is 1. The molecule has 0 saturated heterocycles. The third-order valence-electron chi connectivity index (χ3n) is 10.5. The molecule has 0 radical (unpaired) electrons. The average Bonchev–Trinajstić information content (AvgIpc) is 3.69. The van der Waals surface area contributed by atoms with Crippen molar-refractivity contribution in [3.63, 3.8) is 0 Å². The molecule has 1 heterocycles. The van der Waals surface area contributed by atoms with Gasteiger partial charge in [0.2, 0.25) is 0 Å². The largest absolute Gasteiger partial charge is 0.426 e. The second-order valence-electron chi connectivity index (χ2n) is 14.4. The Hall–Kier alpha value is -6.27. The standard InChI is InChI=1S/C46H42N2O9S/c1-2-38(49)41(42-48-37-15-9-10-16-40(37)58-42)47-28-33-27-36(56-45(52)31-19-17-29(18-20-31)43(50)54-34-11-5-3-6-12-34)25-26-39(33)57-46(53)32-23-21-30(22-24-32)44(51)55-35-13-7-4-8-14-35/h2-16,25-32,41H,1,17-24H2/b47-28+. The number of ketones is 1.